The number of carbonyl (C=O) groups is 2. The van der Waals surface area contributed by atoms with E-state index in [1.54, 1.807) is 12.1 Å². The Kier molecular flexibility index (Phi) is 6.82. The van der Waals surface area contributed by atoms with E-state index in [4.69, 9.17) is 14.2 Å². The average Bonchev–Trinajstić information content (AvgIpc) is 3.60. The van der Waals surface area contributed by atoms with Crippen LogP contribution in [0, 0.1) is 6.92 Å². The molecule has 1 aliphatic carbocycles. The van der Waals surface area contributed by atoms with E-state index in [9.17, 15) is 9.59 Å². The first kappa shape index (κ1) is 21.5. The lowest BCUT2D eigenvalue weighted by Crippen LogP contribution is -2.41. The molecular formula is C23H28N2O5. The van der Waals surface area contributed by atoms with Gasteiger partial charge in [0.2, 0.25) is 11.7 Å². The van der Waals surface area contributed by atoms with Crippen LogP contribution in [0.1, 0.15) is 34.3 Å². The highest BCUT2D eigenvalue weighted by Crippen LogP contribution is 2.38. The minimum absolute atomic E-state index is 0.0716. The monoisotopic (exact) mass is 412 g/mol. The molecule has 1 fully saturated rings. The molecule has 1 saturated carbocycles. The standard InChI is InChI=1S/C23H28N2O5/c1-15-5-7-16(8-6-15)14-25(18-9-10-18)21(26)13-24-23(27)17-11-19(28-2)22(30-4)20(12-17)29-3/h5-8,11-12,18H,9-10,13-14H2,1-4H3,(H,24,27). The Morgan fingerprint density at radius 1 is 1.00 bits per heavy atom. The van der Waals surface area contributed by atoms with Crippen LogP contribution in [0.15, 0.2) is 36.4 Å². The first-order chi connectivity index (χ1) is 14.5. The van der Waals surface area contributed by atoms with Gasteiger partial charge in [-0.15, -0.1) is 0 Å². The van der Waals surface area contributed by atoms with Crippen molar-refractivity contribution in [2.24, 2.45) is 0 Å². The Labute approximate surface area is 176 Å². The number of ether oxygens (including phenoxy) is 3. The quantitative estimate of drug-likeness (QED) is 0.685. The van der Waals surface area contributed by atoms with E-state index < -0.39 is 0 Å². The molecule has 0 radical (unpaired) electrons. The summed E-state index contributed by atoms with van der Waals surface area (Å²) in [6.45, 7) is 2.51. The Morgan fingerprint density at radius 2 is 1.60 bits per heavy atom. The van der Waals surface area contributed by atoms with Gasteiger partial charge in [-0.25, -0.2) is 0 Å². The van der Waals surface area contributed by atoms with Gasteiger partial charge in [0.25, 0.3) is 5.91 Å². The average molecular weight is 412 g/mol. The fourth-order valence-electron chi connectivity index (χ4n) is 3.27. The molecule has 0 aliphatic heterocycles. The van der Waals surface area contributed by atoms with Crippen molar-refractivity contribution in [1.29, 1.82) is 0 Å². The molecule has 0 heterocycles. The van der Waals surface area contributed by atoms with E-state index >= 15 is 0 Å². The molecule has 2 amide bonds. The maximum atomic E-state index is 12.8. The second kappa shape index (κ2) is 9.52. The predicted molar refractivity (Wildman–Crippen MR) is 113 cm³/mol. The third kappa shape index (κ3) is 5.03. The molecule has 0 atom stereocenters. The van der Waals surface area contributed by atoms with Crippen molar-refractivity contribution in [1.82, 2.24) is 10.2 Å². The number of benzene rings is 2. The van der Waals surface area contributed by atoms with Crippen LogP contribution in [0.25, 0.3) is 0 Å². The SMILES string of the molecule is COc1cc(C(=O)NCC(=O)N(Cc2ccc(C)cc2)C2CC2)cc(OC)c1OC. The van der Waals surface area contributed by atoms with Crippen LogP contribution in [-0.4, -0.2) is 50.6 Å². The number of aryl methyl sites for hydroxylation is 1. The summed E-state index contributed by atoms with van der Waals surface area (Å²) in [5, 5.41) is 2.71. The van der Waals surface area contributed by atoms with Crippen LogP contribution < -0.4 is 19.5 Å². The van der Waals surface area contributed by atoms with Crippen molar-refractivity contribution in [2.45, 2.75) is 32.4 Å². The van der Waals surface area contributed by atoms with E-state index in [-0.39, 0.29) is 24.4 Å². The summed E-state index contributed by atoms with van der Waals surface area (Å²) in [5.74, 6) is 0.692. The summed E-state index contributed by atoms with van der Waals surface area (Å²) in [5.41, 5.74) is 2.59. The van der Waals surface area contributed by atoms with Gasteiger partial charge < -0.3 is 24.4 Å². The minimum Gasteiger partial charge on any atom is -0.493 e. The highest BCUT2D eigenvalue weighted by molar-refractivity contribution is 5.97. The van der Waals surface area contributed by atoms with Crippen LogP contribution in [0.3, 0.4) is 0 Å². The van der Waals surface area contributed by atoms with Gasteiger partial charge in [0, 0.05) is 18.2 Å². The summed E-state index contributed by atoms with van der Waals surface area (Å²) < 4.78 is 15.9. The van der Waals surface area contributed by atoms with E-state index in [2.05, 4.69) is 5.32 Å². The molecule has 0 saturated heterocycles. The van der Waals surface area contributed by atoms with Crippen molar-refractivity contribution in [3.63, 3.8) is 0 Å². The highest BCUT2D eigenvalue weighted by atomic mass is 16.5. The predicted octanol–water partition coefficient (Wildman–Crippen LogP) is 2.94. The number of methoxy groups -OCH3 is 3. The zero-order valence-electron chi connectivity index (χ0n) is 17.9. The number of nitrogens with zero attached hydrogens (tertiary/aromatic N) is 1. The third-order valence-electron chi connectivity index (χ3n) is 5.11. The number of rotatable bonds is 9. The van der Waals surface area contributed by atoms with Gasteiger partial charge in [0.15, 0.2) is 11.5 Å². The summed E-state index contributed by atoms with van der Waals surface area (Å²) in [6, 6.07) is 11.5. The highest BCUT2D eigenvalue weighted by Gasteiger charge is 2.32. The summed E-state index contributed by atoms with van der Waals surface area (Å²) in [6.07, 6.45) is 2.00. The lowest BCUT2D eigenvalue weighted by Gasteiger charge is -2.23. The summed E-state index contributed by atoms with van der Waals surface area (Å²) in [4.78, 5) is 27.3. The fourth-order valence-corrected chi connectivity index (χ4v) is 3.27. The van der Waals surface area contributed by atoms with Crippen molar-refractivity contribution in [3.8, 4) is 17.2 Å². The van der Waals surface area contributed by atoms with E-state index in [0.29, 0.717) is 29.4 Å². The summed E-state index contributed by atoms with van der Waals surface area (Å²) in [7, 11) is 4.47. The molecule has 0 unspecified atom stereocenters. The zero-order chi connectivity index (χ0) is 21.7. The van der Waals surface area contributed by atoms with Crippen LogP contribution in [-0.2, 0) is 11.3 Å². The molecule has 30 heavy (non-hydrogen) atoms. The Balaban J connectivity index is 1.67. The molecule has 2 aromatic rings. The van der Waals surface area contributed by atoms with Crippen molar-refractivity contribution >= 4 is 11.8 Å². The molecule has 2 aromatic carbocycles. The van der Waals surface area contributed by atoms with Gasteiger partial charge >= 0.3 is 0 Å². The fraction of sp³-hybridized carbons (Fsp3) is 0.391. The molecule has 7 nitrogen and oxygen atoms in total. The maximum Gasteiger partial charge on any atom is 0.251 e. The molecule has 0 aromatic heterocycles. The first-order valence-electron chi connectivity index (χ1n) is 9.90. The van der Waals surface area contributed by atoms with Crippen LogP contribution >= 0.6 is 0 Å². The zero-order valence-corrected chi connectivity index (χ0v) is 17.9. The molecule has 0 bridgehead atoms. The van der Waals surface area contributed by atoms with Crippen molar-refractivity contribution < 1.29 is 23.8 Å². The number of nitrogens with one attached hydrogen (secondary N) is 1. The lowest BCUT2D eigenvalue weighted by molar-refractivity contribution is -0.131. The van der Waals surface area contributed by atoms with Gasteiger partial charge in [-0.2, -0.15) is 0 Å². The van der Waals surface area contributed by atoms with Gasteiger partial charge in [0.05, 0.1) is 27.9 Å². The molecular weight excluding hydrogens is 384 g/mol. The molecule has 7 heteroatoms. The van der Waals surface area contributed by atoms with Gasteiger partial charge in [-0.3, -0.25) is 9.59 Å². The van der Waals surface area contributed by atoms with Crippen LogP contribution in [0.4, 0.5) is 0 Å². The Hall–Kier alpha value is -3.22. The van der Waals surface area contributed by atoms with Crippen molar-refractivity contribution in [3.05, 3.63) is 53.1 Å². The van der Waals surface area contributed by atoms with Crippen LogP contribution in [0.5, 0.6) is 17.2 Å². The first-order valence-corrected chi connectivity index (χ1v) is 9.90. The Bertz CT molecular complexity index is 881. The number of amides is 2. The maximum absolute atomic E-state index is 12.8. The molecule has 3 rings (SSSR count). The molecule has 1 N–H and O–H groups in total. The van der Waals surface area contributed by atoms with Crippen LogP contribution in [0.2, 0.25) is 0 Å². The topological polar surface area (TPSA) is 77.1 Å². The third-order valence-corrected chi connectivity index (χ3v) is 5.11. The second-order valence-electron chi connectivity index (χ2n) is 7.34. The van der Waals surface area contributed by atoms with E-state index in [0.717, 1.165) is 18.4 Å². The lowest BCUT2D eigenvalue weighted by atomic mass is 10.1. The number of hydrogen-bond donors (Lipinski definition) is 1. The van der Waals surface area contributed by atoms with E-state index in [1.807, 2.05) is 36.1 Å². The second-order valence-corrected chi connectivity index (χ2v) is 7.34. The van der Waals surface area contributed by atoms with Crippen molar-refractivity contribution in [2.75, 3.05) is 27.9 Å². The minimum atomic E-state index is -0.381. The number of hydrogen-bond acceptors (Lipinski definition) is 5. The van der Waals surface area contributed by atoms with Gasteiger partial charge in [-0.1, -0.05) is 29.8 Å². The van der Waals surface area contributed by atoms with Gasteiger partial charge in [-0.05, 0) is 37.5 Å². The summed E-state index contributed by atoms with van der Waals surface area (Å²) >= 11 is 0. The number of carbonyl (C=O) groups excluding carboxylic acids is 2. The molecule has 160 valence electrons. The smallest absolute Gasteiger partial charge is 0.251 e. The largest absolute Gasteiger partial charge is 0.493 e. The Morgan fingerprint density at radius 3 is 2.10 bits per heavy atom. The molecule has 1 aliphatic rings. The molecule has 0 spiro atoms. The van der Waals surface area contributed by atoms with Gasteiger partial charge in [0.1, 0.15) is 0 Å². The normalized spacial score (nSPS) is 12.8. The van der Waals surface area contributed by atoms with E-state index in [1.165, 1.54) is 26.9 Å².